The molecule has 0 spiro atoms. The molecule has 82 valence electrons. The molecule has 2 rings (SSSR count). The van der Waals surface area contributed by atoms with Gasteiger partial charge in [-0.05, 0) is 28.9 Å². The van der Waals surface area contributed by atoms with E-state index in [-0.39, 0.29) is 11.9 Å². The van der Waals surface area contributed by atoms with E-state index in [0.29, 0.717) is 12.4 Å². The first-order chi connectivity index (χ1) is 7.09. The van der Waals surface area contributed by atoms with Gasteiger partial charge in [0.1, 0.15) is 12.7 Å². The lowest BCUT2D eigenvalue weighted by molar-refractivity contribution is 0.252. The summed E-state index contributed by atoms with van der Waals surface area (Å²) in [6.07, 6.45) is 0.181. The molecule has 1 atom stereocenters. The SMILES string of the molecule is Cc1c(Br)cc(Br)c(OCC2CO2)c1O. The normalized spacial score (nSPS) is 19.0. The van der Waals surface area contributed by atoms with Gasteiger partial charge in [-0.25, -0.2) is 0 Å². The lowest BCUT2D eigenvalue weighted by Crippen LogP contribution is -2.05. The number of ether oxygens (including phenoxy) is 2. The second-order valence-electron chi connectivity index (χ2n) is 3.41. The summed E-state index contributed by atoms with van der Waals surface area (Å²) in [5.74, 6) is 0.642. The van der Waals surface area contributed by atoms with Gasteiger partial charge >= 0.3 is 0 Å². The molecular weight excluding hydrogens is 328 g/mol. The van der Waals surface area contributed by atoms with Crippen LogP contribution in [0.1, 0.15) is 5.56 Å². The molecular formula is C10H10Br2O3. The summed E-state index contributed by atoms with van der Waals surface area (Å²) in [5.41, 5.74) is 0.768. The Bertz CT molecular complexity index is 389. The fraction of sp³-hybridized carbons (Fsp3) is 0.400. The Hall–Kier alpha value is -0.260. The Balaban J connectivity index is 2.23. The average molecular weight is 338 g/mol. The summed E-state index contributed by atoms with van der Waals surface area (Å²) in [7, 11) is 0. The minimum absolute atomic E-state index is 0.164. The smallest absolute Gasteiger partial charge is 0.175 e. The first kappa shape index (κ1) is 11.2. The van der Waals surface area contributed by atoms with Crippen LogP contribution < -0.4 is 4.74 Å². The molecule has 0 saturated carbocycles. The van der Waals surface area contributed by atoms with E-state index in [9.17, 15) is 5.11 Å². The zero-order valence-electron chi connectivity index (χ0n) is 8.09. The Morgan fingerprint density at radius 2 is 2.20 bits per heavy atom. The van der Waals surface area contributed by atoms with Gasteiger partial charge in [0, 0.05) is 10.0 Å². The molecule has 0 aromatic heterocycles. The maximum atomic E-state index is 9.87. The molecule has 3 nitrogen and oxygen atoms in total. The van der Waals surface area contributed by atoms with E-state index in [2.05, 4.69) is 31.9 Å². The van der Waals surface area contributed by atoms with E-state index in [0.717, 1.165) is 21.1 Å². The van der Waals surface area contributed by atoms with Crippen LogP contribution in [0.3, 0.4) is 0 Å². The molecule has 0 amide bonds. The van der Waals surface area contributed by atoms with E-state index in [1.807, 2.05) is 13.0 Å². The summed E-state index contributed by atoms with van der Waals surface area (Å²) >= 11 is 6.70. The molecule has 1 aromatic rings. The zero-order valence-corrected chi connectivity index (χ0v) is 11.3. The van der Waals surface area contributed by atoms with Crippen LogP contribution in [0.15, 0.2) is 15.0 Å². The van der Waals surface area contributed by atoms with Crippen molar-refractivity contribution < 1.29 is 14.6 Å². The predicted octanol–water partition coefficient (Wildman–Crippen LogP) is 3.00. The number of phenolic OH excluding ortho intramolecular Hbond substituents is 1. The van der Waals surface area contributed by atoms with Crippen LogP contribution in [0.2, 0.25) is 0 Å². The van der Waals surface area contributed by atoms with Gasteiger partial charge in [0.15, 0.2) is 11.5 Å². The minimum Gasteiger partial charge on any atom is -0.504 e. The standard InChI is InChI=1S/C10H10Br2O3/c1-5-7(11)2-8(12)10(9(5)13)15-4-6-3-14-6/h2,6,13H,3-4H2,1H3. The van der Waals surface area contributed by atoms with Crippen LogP contribution in [0.25, 0.3) is 0 Å². The lowest BCUT2D eigenvalue weighted by Gasteiger charge is -2.12. The first-order valence-electron chi connectivity index (χ1n) is 4.51. The van der Waals surface area contributed by atoms with Gasteiger partial charge in [0.05, 0.1) is 11.1 Å². The summed E-state index contributed by atoms with van der Waals surface area (Å²) in [6.45, 7) is 3.05. The van der Waals surface area contributed by atoms with Gasteiger partial charge in [-0.2, -0.15) is 0 Å². The minimum atomic E-state index is 0.164. The molecule has 1 heterocycles. The second-order valence-corrected chi connectivity index (χ2v) is 5.12. The molecule has 1 aromatic carbocycles. The average Bonchev–Trinajstić information content (AvgIpc) is 2.98. The van der Waals surface area contributed by atoms with Crippen LogP contribution in [-0.4, -0.2) is 24.4 Å². The topological polar surface area (TPSA) is 42.0 Å². The summed E-state index contributed by atoms with van der Waals surface area (Å²) < 4.78 is 12.1. The number of hydrogen-bond acceptors (Lipinski definition) is 3. The maximum absolute atomic E-state index is 9.87. The molecule has 0 aliphatic carbocycles. The zero-order chi connectivity index (χ0) is 11.0. The van der Waals surface area contributed by atoms with Crippen molar-refractivity contribution in [1.29, 1.82) is 0 Å². The molecule has 1 unspecified atom stereocenters. The molecule has 15 heavy (non-hydrogen) atoms. The summed E-state index contributed by atoms with van der Waals surface area (Å²) in [5, 5.41) is 9.87. The van der Waals surface area contributed by atoms with Gasteiger partial charge in [0.2, 0.25) is 0 Å². The quantitative estimate of drug-likeness (QED) is 0.862. The van der Waals surface area contributed by atoms with Crippen molar-refractivity contribution in [2.24, 2.45) is 0 Å². The van der Waals surface area contributed by atoms with Gasteiger partial charge in [-0.3, -0.25) is 0 Å². The largest absolute Gasteiger partial charge is 0.504 e. The van der Waals surface area contributed by atoms with E-state index < -0.39 is 0 Å². The summed E-state index contributed by atoms with van der Waals surface area (Å²) in [6, 6.07) is 1.86. The van der Waals surface area contributed by atoms with Crippen molar-refractivity contribution in [3.05, 3.63) is 20.6 Å². The van der Waals surface area contributed by atoms with Crippen molar-refractivity contribution in [3.63, 3.8) is 0 Å². The number of halogens is 2. The molecule has 5 heteroatoms. The predicted molar refractivity (Wildman–Crippen MR) is 63.5 cm³/mol. The number of aromatic hydroxyl groups is 1. The molecule has 1 fully saturated rings. The third kappa shape index (κ3) is 2.46. The fourth-order valence-corrected chi connectivity index (χ4v) is 2.41. The number of benzene rings is 1. The van der Waals surface area contributed by atoms with E-state index >= 15 is 0 Å². The Kier molecular flexibility index (Phi) is 3.23. The van der Waals surface area contributed by atoms with Crippen LogP contribution in [0.4, 0.5) is 0 Å². The van der Waals surface area contributed by atoms with Crippen molar-refractivity contribution in [2.45, 2.75) is 13.0 Å². The van der Waals surface area contributed by atoms with Crippen molar-refractivity contribution >= 4 is 31.9 Å². The van der Waals surface area contributed by atoms with E-state index in [1.165, 1.54) is 0 Å². The van der Waals surface area contributed by atoms with E-state index in [4.69, 9.17) is 9.47 Å². The molecule has 1 N–H and O–H groups in total. The van der Waals surface area contributed by atoms with Crippen LogP contribution in [0.5, 0.6) is 11.5 Å². The Morgan fingerprint density at radius 1 is 1.53 bits per heavy atom. The third-order valence-corrected chi connectivity index (χ3v) is 3.63. The molecule has 0 radical (unpaired) electrons. The van der Waals surface area contributed by atoms with Gasteiger partial charge in [-0.15, -0.1) is 0 Å². The van der Waals surface area contributed by atoms with Crippen molar-refractivity contribution in [1.82, 2.24) is 0 Å². The molecule has 0 bridgehead atoms. The third-order valence-electron chi connectivity index (χ3n) is 2.21. The molecule has 1 aliphatic rings. The molecule has 1 saturated heterocycles. The highest BCUT2D eigenvalue weighted by Gasteiger charge is 2.24. The Labute approximate surface area is 105 Å². The van der Waals surface area contributed by atoms with Crippen LogP contribution in [0, 0.1) is 6.92 Å². The summed E-state index contributed by atoms with van der Waals surface area (Å²) in [4.78, 5) is 0. The van der Waals surface area contributed by atoms with Gasteiger partial charge < -0.3 is 14.6 Å². The second kappa shape index (κ2) is 4.31. The van der Waals surface area contributed by atoms with E-state index in [1.54, 1.807) is 0 Å². The van der Waals surface area contributed by atoms with Crippen molar-refractivity contribution in [2.75, 3.05) is 13.2 Å². The van der Waals surface area contributed by atoms with Gasteiger partial charge in [-0.1, -0.05) is 15.9 Å². The fourth-order valence-electron chi connectivity index (χ4n) is 1.16. The lowest BCUT2D eigenvalue weighted by atomic mass is 10.2. The Morgan fingerprint density at radius 3 is 2.80 bits per heavy atom. The van der Waals surface area contributed by atoms with Crippen LogP contribution >= 0.6 is 31.9 Å². The first-order valence-corrected chi connectivity index (χ1v) is 6.10. The van der Waals surface area contributed by atoms with Crippen molar-refractivity contribution in [3.8, 4) is 11.5 Å². The molecule has 1 aliphatic heterocycles. The maximum Gasteiger partial charge on any atom is 0.175 e. The number of rotatable bonds is 3. The highest BCUT2D eigenvalue weighted by molar-refractivity contribution is 9.11. The number of epoxide rings is 1. The highest BCUT2D eigenvalue weighted by atomic mass is 79.9. The van der Waals surface area contributed by atoms with Gasteiger partial charge in [0.25, 0.3) is 0 Å². The monoisotopic (exact) mass is 336 g/mol. The number of phenols is 1. The highest BCUT2D eigenvalue weighted by Crippen LogP contribution is 2.41. The number of hydrogen-bond donors (Lipinski definition) is 1. The van der Waals surface area contributed by atoms with Crippen LogP contribution in [-0.2, 0) is 4.74 Å².